The van der Waals surface area contributed by atoms with Gasteiger partial charge in [-0.25, -0.2) is 4.99 Å². The number of hydrogen-bond acceptors (Lipinski definition) is 3. The molecule has 0 fully saturated rings. The molecule has 0 spiro atoms. The van der Waals surface area contributed by atoms with E-state index in [0.717, 1.165) is 22.7 Å². The number of carbonyl (C=O) groups excluding carboxylic acids is 1. The molecule has 6 heteroatoms. The summed E-state index contributed by atoms with van der Waals surface area (Å²) in [5.41, 5.74) is 8.58. The number of guanidine groups is 1. The second-order valence-electron chi connectivity index (χ2n) is 6.86. The minimum Gasteiger partial charge on any atom is -0.491 e. The molecule has 0 aliphatic heterocycles. The van der Waals surface area contributed by atoms with E-state index in [2.05, 4.69) is 15.6 Å². The number of benzene rings is 2. The first-order valence-corrected chi connectivity index (χ1v) is 9.07. The molecule has 144 valence electrons. The van der Waals surface area contributed by atoms with E-state index >= 15 is 0 Å². The normalized spacial score (nSPS) is 11.6. The van der Waals surface area contributed by atoms with Crippen molar-refractivity contribution in [2.45, 2.75) is 40.3 Å². The van der Waals surface area contributed by atoms with Gasteiger partial charge < -0.3 is 21.1 Å². The molecular formula is C21H28N4O2. The van der Waals surface area contributed by atoms with Crippen LogP contribution in [-0.2, 0) is 11.3 Å². The van der Waals surface area contributed by atoms with Gasteiger partial charge >= 0.3 is 0 Å². The van der Waals surface area contributed by atoms with Gasteiger partial charge in [-0.05, 0) is 55.8 Å². The molecular weight excluding hydrogens is 340 g/mol. The molecule has 1 amide bonds. The number of aliphatic imine (C=N–C) groups is 1. The summed E-state index contributed by atoms with van der Waals surface area (Å²) in [4.78, 5) is 16.0. The van der Waals surface area contributed by atoms with Crippen molar-refractivity contribution in [3.63, 3.8) is 0 Å². The zero-order chi connectivity index (χ0) is 19.8. The summed E-state index contributed by atoms with van der Waals surface area (Å²) in [7, 11) is 0. The standard InChI is InChI=1S/C21H28N4O2/c1-14(2)20(26)24-17-7-5-16(6-8-17)13-23-21(22)25-18-9-11-19(12-10-18)27-15(3)4/h5-12,14-15H,13H2,1-4H3,(H,24,26)(H3,22,23,25). The highest BCUT2D eigenvalue weighted by Crippen LogP contribution is 2.17. The maximum Gasteiger partial charge on any atom is 0.226 e. The molecule has 2 rings (SSSR count). The third kappa shape index (κ3) is 7.01. The Balaban J connectivity index is 1.88. The Kier molecular flexibility index (Phi) is 7.23. The van der Waals surface area contributed by atoms with Gasteiger partial charge in [0.2, 0.25) is 5.91 Å². The van der Waals surface area contributed by atoms with Crippen LogP contribution in [0.15, 0.2) is 53.5 Å². The van der Waals surface area contributed by atoms with Crippen LogP contribution in [0, 0.1) is 5.92 Å². The Morgan fingerprint density at radius 1 is 0.963 bits per heavy atom. The van der Waals surface area contributed by atoms with Crippen LogP contribution in [0.1, 0.15) is 33.3 Å². The highest BCUT2D eigenvalue weighted by atomic mass is 16.5. The Hall–Kier alpha value is -3.02. The average Bonchev–Trinajstić information content (AvgIpc) is 2.62. The summed E-state index contributed by atoms with van der Waals surface area (Å²) in [6, 6.07) is 15.1. The van der Waals surface area contributed by atoms with E-state index in [4.69, 9.17) is 10.5 Å². The highest BCUT2D eigenvalue weighted by molar-refractivity contribution is 5.92. The monoisotopic (exact) mass is 368 g/mol. The summed E-state index contributed by atoms with van der Waals surface area (Å²) in [6.45, 7) is 8.15. The van der Waals surface area contributed by atoms with Crippen molar-refractivity contribution >= 4 is 23.2 Å². The van der Waals surface area contributed by atoms with Crippen LogP contribution >= 0.6 is 0 Å². The number of nitrogens with zero attached hydrogens (tertiary/aromatic N) is 1. The lowest BCUT2D eigenvalue weighted by Gasteiger charge is -2.11. The second-order valence-corrected chi connectivity index (χ2v) is 6.86. The molecule has 0 atom stereocenters. The Bertz CT molecular complexity index is 766. The quantitative estimate of drug-likeness (QED) is 0.509. The van der Waals surface area contributed by atoms with Crippen LogP contribution < -0.4 is 21.1 Å². The van der Waals surface area contributed by atoms with Gasteiger partial charge in [0.05, 0.1) is 12.6 Å². The fraction of sp³-hybridized carbons (Fsp3) is 0.333. The lowest BCUT2D eigenvalue weighted by Crippen LogP contribution is -2.22. The number of nitrogens with one attached hydrogen (secondary N) is 2. The van der Waals surface area contributed by atoms with E-state index in [1.165, 1.54) is 0 Å². The summed E-state index contributed by atoms with van der Waals surface area (Å²) in [6.07, 6.45) is 0.139. The molecule has 0 saturated carbocycles. The van der Waals surface area contributed by atoms with Crippen LogP contribution in [0.5, 0.6) is 5.75 Å². The van der Waals surface area contributed by atoms with Crippen molar-refractivity contribution in [2.24, 2.45) is 16.6 Å². The maximum atomic E-state index is 11.7. The number of ether oxygens (including phenoxy) is 1. The first kappa shape index (κ1) is 20.3. The third-order valence-corrected chi connectivity index (χ3v) is 3.68. The molecule has 4 N–H and O–H groups in total. The summed E-state index contributed by atoms with van der Waals surface area (Å²) < 4.78 is 5.61. The minimum absolute atomic E-state index is 0.000900. The second kappa shape index (κ2) is 9.62. The molecule has 0 aliphatic carbocycles. The number of amides is 1. The molecule has 0 aromatic heterocycles. The number of hydrogen-bond donors (Lipinski definition) is 3. The minimum atomic E-state index is -0.0499. The van der Waals surface area contributed by atoms with Crippen LogP contribution in [0.2, 0.25) is 0 Å². The van der Waals surface area contributed by atoms with Gasteiger partial charge in [0.15, 0.2) is 5.96 Å². The van der Waals surface area contributed by atoms with Gasteiger partial charge in [-0.1, -0.05) is 26.0 Å². The zero-order valence-electron chi connectivity index (χ0n) is 16.3. The number of nitrogens with two attached hydrogens (primary N) is 1. The first-order chi connectivity index (χ1) is 12.8. The first-order valence-electron chi connectivity index (χ1n) is 9.07. The molecule has 2 aromatic rings. The van der Waals surface area contributed by atoms with E-state index in [-0.39, 0.29) is 17.9 Å². The molecule has 6 nitrogen and oxygen atoms in total. The van der Waals surface area contributed by atoms with Crippen molar-refractivity contribution in [3.05, 3.63) is 54.1 Å². The molecule has 0 bridgehead atoms. The van der Waals surface area contributed by atoms with Crippen LogP contribution in [-0.4, -0.2) is 18.0 Å². The maximum absolute atomic E-state index is 11.7. The molecule has 0 aliphatic rings. The van der Waals surface area contributed by atoms with E-state index in [0.29, 0.717) is 12.5 Å². The van der Waals surface area contributed by atoms with Gasteiger partial charge in [-0.15, -0.1) is 0 Å². The molecule has 0 radical (unpaired) electrons. The molecule has 27 heavy (non-hydrogen) atoms. The summed E-state index contributed by atoms with van der Waals surface area (Å²) in [5.74, 6) is 1.10. The largest absolute Gasteiger partial charge is 0.491 e. The lowest BCUT2D eigenvalue weighted by molar-refractivity contribution is -0.118. The molecule has 0 unspecified atom stereocenters. The van der Waals surface area contributed by atoms with Crippen molar-refractivity contribution in [1.82, 2.24) is 0 Å². The highest BCUT2D eigenvalue weighted by Gasteiger charge is 2.06. The van der Waals surface area contributed by atoms with Crippen LogP contribution in [0.4, 0.5) is 11.4 Å². The van der Waals surface area contributed by atoms with Gasteiger partial charge in [-0.2, -0.15) is 0 Å². The van der Waals surface area contributed by atoms with E-state index in [1.54, 1.807) is 0 Å². The Morgan fingerprint density at radius 2 is 1.52 bits per heavy atom. The van der Waals surface area contributed by atoms with Crippen LogP contribution in [0.25, 0.3) is 0 Å². The Labute approximate surface area is 160 Å². The van der Waals surface area contributed by atoms with E-state index in [1.807, 2.05) is 76.2 Å². The van der Waals surface area contributed by atoms with Crippen molar-refractivity contribution in [1.29, 1.82) is 0 Å². The van der Waals surface area contributed by atoms with Crippen molar-refractivity contribution in [3.8, 4) is 5.75 Å². The average molecular weight is 368 g/mol. The lowest BCUT2D eigenvalue weighted by atomic mass is 10.2. The van der Waals surface area contributed by atoms with E-state index < -0.39 is 0 Å². The molecule has 2 aromatic carbocycles. The summed E-state index contributed by atoms with van der Waals surface area (Å²) >= 11 is 0. The third-order valence-electron chi connectivity index (χ3n) is 3.68. The Morgan fingerprint density at radius 3 is 2.07 bits per heavy atom. The van der Waals surface area contributed by atoms with Crippen LogP contribution in [0.3, 0.4) is 0 Å². The number of rotatable bonds is 7. The summed E-state index contributed by atoms with van der Waals surface area (Å²) in [5, 5.41) is 5.92. The SMILES string of the molecule is CC(C)Oc1ccc(NC(N)=NCc2ccc(NC(=O)C(C)C)cc2)cc1. The zero-order valence-corrected chi connectivity index (χ0v) is 16.3. The molecule has 0 heterocycles. The number of anilines is 2. The van der Waals surface area contributed by atoms with Gasteiger partial charge in [0, 0.05) is 17.3 Å². The van der Waals surface area contributed by atoms with Gasteiger partial charge in [0.1, 0.15) is 5.75 Å². The van der Waals surface area contributed by atoms with Gasteiger partial charge in [0.25, 0.3) is 0 Å². The molecule has 0 saturated heterocycles. The van der Waals surface area contributed by atoms with Gasteiger partial charge in [-0.3, -0.25) is 4.79 Å². The fourth-order valence-corrected chi connectivity index (χ4v) is 2.23. The van der Waals surface area contributed by atoms with Crippen molar-refractivity contribution in [2.75, 3.05) is 10.6 Å². The predicted molar refractivity (Wildman–Crippen MR) is 111 cm³/mol. The number of carbonyl (C=O) groups is 1. The van der Waals surface area contributed by atoms with Crippen molar-refractivity contribution < 1.29 is 9.53 Å². The fourth-order valence-electron chi connectivity index (χ4n) is 2.23. The topological polar surface area (TPSA) is 88.7 Å². The smallest absolute Gasteiger partial charge is 0.226 e. The predicted octanol–water partition coefficient (Wildman–Crippen LogP) is 4.00. The van der Waals surface area contributed by atoms with E-state index in [9.17, 15) is 4.79 Å².